The molecule has 0 aromatic heterocycles. The molecular weight excluding hydrogens is 264 g/mol. The molecule has 0 aliphatic rings. The first kappa shape index (κ1) is 16.4. The number of halogens is 1. The van der Waals surface area contributed by atoms with Gasteiger partial charge in [-0.25, -0.2) is 0 Å². The molecule has 98 valence electrons. The van der Waals surface area contributed by atoms with Crippen molar-refractivity contribution in [1.82, 2.24) is 0 Å². The number of hydrogen-bond donors (Lipinski definition) is 1. The summed E-state index contributed by atoms with van der Waals surface area (Å²) in [5, 5.41) is 10.4. The monoisotopic (exact) mass is 292 g/mol. The van der Waals surface area contributed by atoms with Crippen LogP contribution in [0.25, 0.3) is 0 Å². The van der Waals surface area contributed by atoms with Crippen molar-refractivity contribution in [1.29, 1.82) is 0 Å². The van der Waals surface area contributed by atoms with Crippen molar-refractivity contribution in [3.05, 3.63) is 0 Å². The summed E-state index contributed by atoms with van der Waals surface area (Å²) in [6, 6.07) is 0. The molecule has 0 aliphatic carbocycles. The Morgan fingerprint density at radius 1 is 0.875 bits per heavy atom. The summed E-state index contributed by atoms with van der Waals surface area (Å²) < 4.78 is 0. The molecule has 0 aliphatic heterocycles. The molecule has 2 heteroatoms. The van der Waals surface area contributed by atoms with E-state index in [1.807, 2.05) is 0 Å². The quantitative estimate of drug-likeness (QED) is 0.400. The zero-order valence-electron chi connectivity index (χ0n) is 10.9. The third-order valence-electron chi connectivity index (χ3n) is 3.22. The van der Waals surface area contributed by atoms with Gasteiger partial charge in [-0.05, 0) is 25.2 Å². The first-order valence-corrected chi connectivity index (χ1v) is 8.14. The number of aliphatic hydroxyl groups excluding tert-OH is 1. The van der Waals surface area contributed by atoms with Gasteiger partial charge < -0.3 is 5.11 Å². The molecule has 0 rings (SSSR count). The molecule has 0 aromatic rings. The molecule has 1 unspecified atom stereocenters. The van der Waals surface area contributed by atoms with E-state index in [0.29, 0.717) is 12.5 Å². The molecule has 0 saturated heterocycles. The number of alkyl halides is 1. The summed E-state index contributed by atoms with van der Waals surface area (Å²) in [7, 11) is 0. The fourth-order valence-corrected chi connectivity index (χ4v) is 2.46. The minimum Gasteiger partial charge on any atom is -0.396 e. The summed E-state index contributed by atoms with van der Waals surface area (Å²) in [6.45, 7) is 2.64. The smallest absolute Gasteiger partial charge is 0.0459 e. The molecule has 0 radical (unpaired) electrons. The Morgan fingerprint density at radius 2 is 1.44 bits per heavy atom. The van der Waals surface area contributed by atoms with Crippen LogP contribution in [0, 0.1) is 5.92 Å². The van der Waals surface area contributed by atoms with Crippen molar-refractivity contribution in [3.63, 3.8) is 0 Å². The predicted octanol–water partition coefficient (Wildman–Crippen LogP) is 4.91. The minimum absolute atomic E-state index is 0.386. The summed E-state index contributed by atoms with van der Waals surface area (Å²) >= 11 is 3.45. The number of rotatable bonds is 12. The van der Waals surface area contributed by atoms with Gasteiger partial charge >= 0.3 is 0 Å². The molecule has 1 nitrogen and oxygen atoms in total. The molecule has 1 N–H and O–H groups in total. The van der Waals surface area contributed by atoms with Crippen LogP contribution < -0.4 is 0 Å². The highest BCUT2D eigenvalue weighted by Crippen LogP contribution is 2.17. The van der Waals surface area contributed by atoms with Crippen molar-refractivity contribution in [2.24, 2.45) is 5.92 Å². The fraction of sp³-hybridized carbons (Fsp3) is 1.00. The van der Waals surface area contributed by atoms with E-state index in [1.54, 1.807) is 0 Å². The van der Waals surface area contributed by atoms with E-state index in [2.05, 4.69) is 22.9 Å². The van der Waals surface area contributed by atoms with Gasteiger partial charge in [0.2, 0.25) is 0 Å². The van der Waals surface area contributed by atoms with Crippen LogP contribution in [0.2, 0.25) is 0 Å². The maximum Gasteiger partial charge on any atom is 0.0459 e. The van der Waals surface area contributed by atoms with Gasteiger partial charge in [0.05, 0.1) is 0 Å². The second-order valence-corrected chi connectivity index (χ2v) is 5.58. The molecule has 0 amide bonds. The lowest BCUT2D eigenvalue weighted by atomic mass is 9.96. The second kappa shape index (κ2) is 13.5. The average Bonchev–Trinajstić information content (AvgIpc) is 2.31. The zero-order chi connectivity index (χ0) is 12.1. The molecule has 1 atom stereocenters. The van der Waals surface area contributed by atoms with Crippen LogP contribution >= 0.6 is 15.9 Å². The van der Waals surface area contributed by atoms with Crippen LogP contribution in [0.1, 0.15) is 71.1 Å². The lowest BCUT2D eigenvalue weighted by Gasteiger charge is -2.13. The maximum absolute atomic E-state index is 9.25. The van der Waals surface area contributed by atoms with Crippen molar-refractivity contribution in [2.75, 3.05) is 11.9 Å². The van der Waals surface area contributed by atoms with E-state index in [4.69, 9.17) is 0 Å². The van der Waals surface area contributed by atoms with Crippen molar-refractivity contribution in [3.8, 4) is 0 Å². The standard InChI is InChI=1S/C14H29BrO/c1-2-3-4-5-6-7-10-14(13-16)11-8-9-12-15/h14,16H,2-13H2,1H3. The van der Waals surface area contributed by atoms with Crippen molar-refractivity contribution >= 4 is 15.9 Å². The summed E-state index contributed by atoms with van der Waals surface area (Å²) in [4.78, 5) is 0. The lowest BCUT2D eigenvalue weighted by Crippen LogP contribution is -2.06. The van der Waals surface area contributed by atoms with Crippen LogP contribution in [0.3, 0.4) is 0 Å². The highest BCUT2D eigenvalue weighted by atomic mass is 79.9. The van der Waals surface area contributed by atoms with Gasteiger partial charge in [0.25, 0.3) is 0 Å². The van der Waals surface area contributed by atoms with Gasteiger partial charge in [-0.2, -0.15) is 0 Å². The SMILES string of the molecule is CCCCCCCCC(CO)CCCCBr. The Bertz CT molecular complexity index is 128. The lowest BCUT2D eigenvalue weighted by molar-refractivity contribution is 0.205. The van der Waals surface area contributed by atoms with Crippen LogP contribution in [0.15, 0.2) is 0 Å². The normalized spacial score (nSPS) is 12.9. The summed E-state index contributed by atoms with van der Waals surface area (Å²) in [5.74, 6) is 0.560. The van der Waals surface area contributed by atoms with E-state index in [0.717, 1.165) is 5.33 Å². The van der Waals surface area contributed by atoms with E-state index in [1.165, 1.54) is 64.2 Å². The fourth-order valence-electron chi connectivity index (χ4n) is 2.07. The topological polar surface area (TPSA) is 20.2 Å². The molecular formula is C14H29BrO. The third kappa shape index (κ3) is 10.9. The zero-order valence-corrected chi connectivity index (χ0v) is 12.5. The Kier molecular flexibility index (Phi) is 13.9. The van der Waals surface area contributed by atoms with Gasteiger partial charge in [-0.15, -0.1) is 0 Å². The van der Waals surface area contributed by atoms with E-state index in [9.17, 15) is 5.11 Å². The average molecular weight is 293 g/mol. The van der Waals surface area contributed by atoms with E-state index in [-0.39, 0.29) is 0 Å². The molecule has 0 fully saturated rings. The predicted molar refractivity (Wildman–Crippen MR) is 76.2 cm³/mol. The Labute approximate surface area is 110 Å². The van der Waals surface area contributed by atoms with Crippen LogP contribution in [-0.4, -0.2) is 17.0 Å². The van der Waals surface area contributed by atoms with Gasteiger partial charge in [0, 0.05) is 11.9 Å². The van der Waals surface area contributed by atoms with Crippen molar-refractivity contribution in [2.45, 2.75) is 71.1 Å². The minimum atomic E-state index is 0.386. The van der Waals surface area contributed by atoms with Gasteiger partial charge in [-0.1, -0.05) is 67.8 Å². The first-order chi connectivity index (χ1) is 7.85. The Morgan fingerprint density at radius 3 is 2.00 bits per heavy atom. The van der Waals surface area contributed by atoms with Crippen molar-refractivity contribution < 1.29 is 5.11 Å². The van der Waals surface area contributed by atoms with Gasteiger partial charge in [0.1, 0.15) is 0 Å². The number of unbranched alkanes of at least 4 members (excludes halogenated alkanes) is 6. The Hall–Kier alpha value is 0.440. The molecule has 0 bridgehead atoms. The number of hydrogen-bond acceptors (Lipinski definition) is 1. The largest absolute Gasteiger partial charge is 0.396 e. The van der Waals surface area contributed by atoms with E-state index >= 15 is 0 Å². The molecule has 0 saturated carbocycles. The second-order valence-electron chi connectivity index (χ2n) is 4.79. The van der Waals surface area contributed by atoms with Crippen LogP contribution in [0.5, 0.6) is 0 Å². The molecule has 16 heavy (non-hydrogen) atoms. The highest BCUT2D eigenvalue weighted by molar-refractivity contribution is 9.09. The highest BCUT2D eigenvalue weighted by Gasteiger charge is 2.06. The van der Waals surface area contributed by atoms with Gasteiger partial charge in [0.15, 0.2) is 0 Å². The summed E-state index contributed by atoms with van der Waals surface area (Å²) in [5.41, 5.74) is 0. The summed E-state index contributed by atoms with van der Waals surface area (Å²) in [6.07, 6.45) is 13.1. The van der Waals surface area contributed by atoms with Crippen LogP contribution in [0.4, 0.5) is 0 Å². The molecule has 0 aromatic carbocycles. The molecule has 0 heterocycles. The first-order valence-electron chi connectivity index (χ1n) is 7.02. The maximum atomic E-state index is 9.25. The van der Waals surface area contributed by atoms with E-state index < -0.39 is 0 Å². The number of aliphatic hydroxyl groups is 1. The third-order valence-corrected chi connectivity index (χ3v) is 3.78. The Balaban J connectivity index is 3.26. The molecule has 0 spiro atoms. The van der Waals surface area contributed by atoms with Gasteiger partial charge in [-0.3, -0.25) is 0 Å². The van der Waals surface area contributed by atoms with Crippen LogP contribution in [-0.2, 0) is 0 Å².